The van der Waals surface area contributed by atoms with Crippen LogP contribution >= 0.6 is 0 Å². The Labute approximate surface area is 147 Å². The second-order valence-corrected chi connectivity index (χ2v) is 6.39. The highest BCUT2D eigenvalue weighted by Gasteiger charge is 2.57. The molecule has 5 nitrogen and oxygen atoms in total. The lowest BCUT2D eigenvalue weighted by molar-refractivity contribution is -0.165. The molecule has 5 heteroatoms. The molecule has 132 valence electrons. The SMILES string of the molecule is COC(=O)C1(c2cc(C)ccc2OC)CC(O)(c2ccccc2)CO1. The zero-order chi connectivity index (χ0) is 18.1. The summed E-state index contributed by atoms with van der Waals surface area (Å²) in [6.45, 7) is 1.91. The Morgan fingerprint density at radius 1 is 1.16 bits per heavy atom. The molecule has 0 saturated carbocycles. The maximum Gasteiger partial charge on any atom is 0.343 e. The zero-order valence-corrected chi connectivity index (χ0v) is 14.6. The topological polar surface area (TPSA) is 65.0 Å². The molecule has 3 rings (SSSR count). The van der Waals surface area contributed by atoms with Gasteiger partial charge in [-0.15, -0.1) is 0 Å². The molecule has 0 aliphatic carbocycles. The lowest BCUT2D eigenvalue weighted by Gasteiger charge is -2.29. The number of methoxy groups -OCH3 is 2. The van der Waals surface area contributed by atoms with Crippen LogP contribution in [0.3, 0.4) is 0 Å². The van der Waals surface area contributed by atoms with Gasteiger partial charge in [0.05, 0.1) is 20.8 Å². The average Bonchev–Trinajstić information content (AvgIpc) is 3.02. The van der Waals surface area contributed by atoms with Gasteiger partial charge in [-0.2, -0.15) is 0 Å². The molecule has 1 fully saturated rings. The molecule has 2 aromatic rings. The minimum atomic E-state index is -1.42. The molecule has 0 aromatic heterocycles. The lowest BCUT2D eigenvalue weighted by atomic mass is 9.81. The predicted octanol–water partition coefficient (Wildman–Crippen LogP) is 2.68. The van der Waals surface area contributed by atoms with E-state index in [-0.39, 0.29) is 13.0 Å². The van der Waals surface area contributed by atoms with E-state index in [2.05, 4.69) is 0 Å². The summed E-state index contributed by atoms with van der Waals surface area (Å²) in [7, 11) is 2.85. The molecule has 2 atom stereocenters. The molecule has 0 amide bonds. The largest absolute Gasteiger partial charge is 0.496 e. The van der Waals surface area contributed by atoms with Crippen molar-refractivity contribution >= 4 is 5.97 Å². The van der Waals surface area contributed by atoms with Crippen molar-refractivity contribution < 1.29 is 24.1 Å². The van der Waals surface area contributed by atoms with Crippen molar-refractivity contribution in [3.8, 4) is 5.75 Å². The Kier molecular flexibility index (Phi) is 4.54. The first-order valence-corrected chi connectivity index (χ1v) is 8.10. The van der Waals surface area contributed by atoms with Crippen LogP contribution in [0, 0.1) is 6.92 Å². The quantitative estimate of drug-likeness (QED) is 0.866. The van der Waals surface area contributed by atoms with Gasteiger partial charge in [-0.3, -0.25) is 0 Å². The standard InChI is InChI=1S/C20H22O5/c1-14-9-10-17(23-2)16(11-14)20(18(21)24-3)12-19(22,13-25-20)15-7-5-4-6-8-15/h4-11,22H,12-13H2,1-3H3. The fourth-order valence-electron chi connectivity index (χ4n) is 3.41. The number of hydrogen-bond acceptors (Lipinski definition) is 5. The first-order chi connectivity index (χ1) is 11.9. The number of hydrogen-bond donors (Lipinski definition) is 1. The number of rotatable bonds is 4. The zero-order valence-electron chi connectivity index (χ0n) is 14.6. The Morgan fingerprint density at radius 2 is 1.88 bits per heavy atom. The number of benzene rings is 2. The second kappa shape index (κ2) is 6.50. The van der Waals surface area contributed by atoms with Crippen molar-refractivity contribution in [2.24, 2.45) is 0 Å². The van der Waals surface area contributed by atoms with Crippen LogP contribution in [0.5, 0.6) is 5.75 Å². The van der Waals surface area contributed by atoms with E-state index >= 15 is 0 Å². The summed E-state index contributed by atoms with van der Waals surface area (Å²) in [4.78, 5) is 12.7. The summed E-state index contributed by atoms with van der Waals surface area (Å²) in [5, 5.41) is 11.2. The molecule has 2 aromatic carbocycles. The highest BCUT2D eigenvalue weighted by molar-refractivity contribution is 5.83. The predicted molar refractivity (Wildman–Crippen MR) is 92.3 cm³/mol. The normalized spacial score (nSPS) is 25.6. The van der Waals surface area contributed by atoms with E-state index in [0.717, 1.165) is 5.56 Å². The Bertz CT molecular complexity index is 773. The van der Waals surface area contributed by atoms with Gasteiger partial charge in [0.25, 0.3) is 0 Å². The fourth-order valence-corrected chi connectivity index (χ4v) is 3.41. The fraction of sp³-hybridized carbons (Fsp3) is 0.350. The molecule has 1 saturated heterocycles. The number of esters is 1. The molecule has 0 radical (unpaired) electrons. The summed E-state index contributed by atoms with van der Waals surface area (Å²) in [5.74, 6) is -0.0310. The monoisotopic (exact) mass is 342 g/mol. The van der Waals surface area contributed by atoms with Crippen LogP contribution in [-0.2, 0) is 25.5 Å². The van der Waals surface area contributed by atoms with Gasteiger partial charge in [0, 0.05) is 12.0 Å². The second-order valence-electron chi connectivity index (χ2n) is 6.39. The molecule has 2 unspecified atom stereocenters. The molecule has 25 heavy (non-hydrogen) atoms. The molecular weight excluding hydrogens is 320 g/mol. The van der Waals surface area contributed by atoms with Gasteiger partial charge >= 0.3 is 5.97 Å². The maximum atomic E-state index is 12.7. The average molecular weight is 342 g/mol. The van der Waals surface area contributed by atoms with Gasteiger partial charge in [0.15, 0.2) is 5.60 Å². The van der Waals surface area contributed by atoms with Crippen molar-refractivity contribution in [3.63, 3.8) is 0 Å². The van der Waals surface area contributed by atoms with Crippen molar-refractivity contribution in [3.05, 3.63) is 65.2 Å². The highest BCUT2D eigenvalue weighted by atomic mass is 16.6. The smallest absolute Gasteiger partial charge is 0.343 e. The molecule has 1 N–H and O–H groups in total. The van der Waals surface area contributed by atoms with Crippen LogP contribution in [0.1, 0.15) is 23.1 Å². The van der Waals surface area contributed by atoms with Crippen LogP contribution in [0.2, 0.25) is 0 Å². The third-order valence-corrected chi connectivity index (χ3v) is 4.72. The van der Waals surface area contributed by atoms with Gasteiger partial charge in [-0.05, 0) is 24.6 Å². The number of aliphatic hydroxyl groups is 1. The van der Waals surface area contributed by atoms with Crippen molar-refractivity contribution in [2.75, 3.05) is 20.8 Å². The maximum absolute atomic E-state index is 12.7. The van der Waals surface area contributed by atoms with Gasteiger partial charge in [-0.1, -0.05) is 42.0 Å². The number of carbonyl (C=O) groups is 1. The summed E-state index contributed by atoms with van der Waals surface area (Å²) in [6, 6.07) is 14.7. The van der Waals surface area contributed by atoms with Crippen molar-refractivity contribution in [1.82, 2.24) is 0 Å². The van der Waals surface area contributed by atoms with E-state index in [4.69, 9.17) is 14.2 Å². The van der Waals surface area contributed by atoms with Gasteiger partial charge in [0.1, 0.15) is 11.4 Å². The van der Waals surface area contributed by atoms with E-state index in [1.165, 1.54) is 14.2 Å². The van der Waals surface area contributed by atoms with E-state index in [9.17, 15) is 9.90 Å². The summed E-state index contributed by atoms with van der Waals surface area (Å²) in [5.41, 5.74) is -0.486. The van der Waals surface area contributed by atoms with E-state index in [1.807, 2.05) is 49.4 Å². The highest BCUT2D eigenvalue weighted by Crippen LogP contribution is 2.49. The van der Waals surface area contributed by atoms with Gasteiger partial charge < -0.3 is 19.3 Å². The van der Waals surface area contributed by atoms with Gasteiger partial charge in [-0.25, -0.2) is 4.79 Å². The summed E-state index contributed by atoms with van der Waals surface area (Å²) >= 11 is 0. The van der Waals surface area contributed by atoms with Crippen molar-refractivity contribution in [1.29, 1.82) is 0 Å². The minimum Gasteiger partial charge on any atom is -0.496 e. The summed E-state index contributed by atoms with van der Waals surface area (Å²) < 4.78 is 16.4. The Hall–Kier alpha value is -2.37. The van der Waals surface area contributed by atoms with Crippen LogP contribution in [-0.4, -0.2) is 31.9 Å². The molecule has 0 spiro atoms. The van der Waals surface area contributed by atoms with Crippen LogP contribution in [0.15, 0.2) is 48.5 Å². The first kappa shape index (κ1) is 17.5. The molecule has 1 heterocycles. The molecular formula is C20H22O5. The Balaban J connectivity index is 2.12. The molecule has 1 aliphatic heterocycles. The van der Waals surface area contributed by atoms with Crippen LogP contribution < -0.4 is 4.74 Å². The van der Waals surface area contributed by atoms with Crippen LogP contribution in [0.4, 0.5) is 0 Å². The third-order valence-electron chi connectivity index (χ3n) is 4.72. The van der Waals surface area contributed by atoms with Crippen LogP contribution in [0.25, 0.3) is 0 Å². The summed E-state index contributed by atoms with van der Waals surface area (Å²) in [6.07, 6.45) is 0.0521. The molecule has 1 aliphatic rings. The van der Waals surface area contributed by atoms with E-state index in [0.29, 0.717) is 16.9 Å². The number of carbonyl (C=O) groups excluding carboxylic acids is 1. The minimum absolute atomic E-state index is 0.0107. The lowest BCUT2D eigenvalue weighted by Crippen LogP contribution is -2.38. The number of ether oxygens (including phenoxy) is 3. The Morgan fingerprint density at radius 3 is 2.52 bits per heavy atom. The van der Waals surface area contributed by atoms with E-state index < -0.39 is 17.2 Å². The molecule has 0 bridgehead atoms. The van der Waals surface area contributed by atoms with Crippen molar-refractivity contribution in [2.45, 2.75) is 24.5 Å². The first-order valence-electron chi connectivity index (χ1n) is 8.10. The number of aryl methyl sites for hydroxylation is 1. The third kappa shape index (κ3) is 2.90. The van der Waals surface area contributed by atoms with E-state index in [1.54, 1.807) is 6.07 Å². The van der Waals surface area contributed by atoms with Gasteiger partial charge in [0.2, 0.25) is 0 Å².